The number of rotatable bonds is 4. The molecule has 1 amide bonds. The van der Waals surface area contributed by atoms with Crippen LogP contribution in [0.15, 0.2) is 42.6 Å². The summed E-state index contributed by atoms with van der Waals surface area (Å²) in [6.07, 6.45) is 0.456. The Morgan fingerprint density at radius 3 is 2.68 bits per heavy atom. The molecule has 0 spiro atoms. The summed E-state index contributed by atoms with van der Waals surface area (Å²) in [5.74, 6) is -1.20. The number of halogens is 2. The molecule has 0 aliphatic carbocycles. The van der Waals surface area contributed by atoms with Crippen LogP contribution in [0.2, 0.25) is 10.0 Å². The van der Waals surface area contributed by atoms with Crippen molar-refractivity contribution in [3.63, 3.8) is 0 Å². The molecular weight excluding hydrogens is 327 g/mol. The molecule has 2 rings (SSSR count). The molecule has 0 aliphatic heterocycles. The SMILES string of the molecule is C[C@H](OC(=O)c1ccccn1)C(=O)Nc1cc(Cl)ccc1Cl. The summed E-state index contributed by atoms with van der Waals surface area (Å²) in [6, 6.07) is 9.50. The van der Waals surface area contributed by atoms with Gasteiger partial charge in [0.25, 0.3) is 5.91 Å². The lowest BCUT2D eigenvalue weighted by Crippen LogP contribution is -2.30. The van der Waals surface area contributed by atoms with Gasteiger partial charge in [0.15, 0.2) is 6.10 Å². The maximum Gasteiger partial charge on any atom is 0.357 e. The molecule has 2 aromatic rings. The largest absolute Gasteiger partial charge is 0.448 e. The smallest absolute Gasteiger partial charge is 0.357 e. The van der Waals surface area contributed by atoms with E-state index in [4.69, 9.17) is 27.9 Å². The molecule has 0 aliphatic rings. The van der Waals surface area contributed by atoms with Gasteiger partial charge in [0.1, 0.15) is 5.69 Å². The van der Waals surface area contributed by atoms with Gasteiger partial charge in [-0.1, -0.05) is 29.3 Å². The van der Waals surface area contributed by atoms with Gasteiger partial charge < -0.3 is 10.1 Å². The Bertz CT molecular complexity index is 692. The number of hydrogen-bond donors (Lipinski definition) is 1. The fraction of sp³-hybridized carbons (Fsp3) is 0.133. The quantitative estimate of drug-likeness (QED) is 0.865. The first-order chi connectivity index (χ1) is 10.5. The topological polar surface area (TPSA) is 68.3 Å². The second kappa shape index (κ2) is 7.24. The zero-order valence-corrected chi connectivity index (χ0v) is 13.1. The zero-order chi connectivity index (χ0) is 16.1. The lowest BCUT2D eigenvalue weighted by atomic mass is 10.3. The van der Waals surface area contributed by atoms with Crippen LogP contribution in [0.25, 0.3) is 0 Å². The molecular formula is C15H12Cl2N2O3. The van der Waals surface area contributed by atoms with Gasteiger partial charge in [0.2, 0.25) is 0 Å². The first-order valence-corrected chi connectivity index (χ1v) is 7.11. The molecule has 1 atom stereocenters. The molecule has 0 fully saturated rings. The van der Waals surface area contributed by atoms with Gasteiger partial charge in [-0.2, -0.15) is 0 Å². The number of ether oxygens (including phenoxy) is 1. The fourth-order valence-corrected chi connectivity index (χ4v) is 1.92. The highest BCUT2D eigenvalue weighted by Crippen LogP contribution is 2.25. The Labute approximate surface area is 137 Å². The van der Waals surface area contributed by atoms with Crippen molar-refractivity contribution in [3.8, 4) is 0 Å². The number of carbonyl (C=O) groups excluding carboxylic acids is 2. The predicted molar refractivity (Wildman–Crippen MR) is 84.2 cm³/mol. The first kappa shape index (κ1) is 16.3. The van der Waals surface area contributed by atoms with Gasteiger partial charge >= 0.3 is 5.97 Å². The van der Waals surface area contributed by atoms with Crippen molar-refractivity contribution in [1.29, 1.82) is 0 Å². The molecule has 22 heavy (non-hydrogen) atoms. The maximum atomic E-state index is 12.0. The van der Waals surface area contributed by atoms with Crippen LogP contribution in [0.1, 0.15) is 17.4 Å². The van der Waals surface area contributed by atoms with Gasteiger partial charge in [0.05, 0.1) is 10.7 Å². The molecule has 1 aromatic carbocycles. The van der Waals surface area contributed by atoms with E-state index in [9.17, 15) is 9.59 Å². The van der Waals surface area contributed by atoms with Crippen LogP contribution in [0, 0.1) is 0 Å². The Kier molecular flexibility index (Phi) is 5.35. The van der Waals surface area contributed by atoms with Crippen molar-refractivity contribution in [2.24, 2.45) is 0 Å². The normalized spacial score (nSPS) is 11.6. The molecule has 0 saturated carbocycles. The van der Waals surface area contributed by atoms with Gasteiger partial charge in [-0.05, 0) is 37.3 Å². The van der Waals surface area contributed by atoms with Gasteiger partial charge in [-0.25, -0.2) is 9.78 Å². The Balaban J connectivity index is 2.00. The number of nitrogens with one attached hydrogen (secondary N) is 1. The summed E-state index contributed by atoms with van der Waals surface area (Å²) in [6.45, 7) is 1.45. The monoisotopic (exact) mass is 338 g/mol. The number of amides is 1. The predicted octanol–water partition coefficient (Wildman–Crippen LogP) is 3.57. The molecule has 0 saturated heterocycles. The van der Waals surface area contributed by atoms with Gasteiger partial charge in [0, 0.05) is 11.2 Å². The van der Waals surface area contributed by atoms with Crippen LogP contribution in [0.5, 0.6) is 0 Å². The van der Waals surface area contributed by atoms with Crippen LogP contribution in [-0.4, -0.2) is 23.0 Å². The minimum atomic E-state index is -1.01. The van der Waals surface area contributed by atoms with E-state index >= 15 is 0 Å². The van der Waals surface area contributed by atoms with Gasteiger partial charge in [-0.15, -0.1) is 0 Å². The van der Waals surface area contributed by atoms with Crippen molar-refractivity contribution in [2.75, 3.05) is 5.32 Å². The van der Waals surface area contributed by atoms with E-state index in [0.717, 1.165) is 0 Å². The number of pyridine rings is 1. The summed E-state index contributed by atoms with van der Waals surface area (Å²) in [5.41, 5.74) is 0.475. The highest BCUT2D eigenvalue weighted by atomic mass is 35.5. The number of carbonyl (C=O) groups is 2. The summed E-state index contributed by atoms with van der Waals surface area (Å²) in [7, 11) is 0. The Morgan fingerprint density at radius 1 is 1.23 bits per heavy atom. The van der Waals surface area contributed by atoms with E-state index in [2.05, 4.69) is 10.3 Å². The fourth-order valence-electron chi connectivity index (χ4n) is 1.59. The summed E-state index contributed by atoms with van der Waals surface area (Å²) in [5, 5.41) is 3.32. The number of benzene rings is 1. The summed E-state index contributed by atoms with van der Waals surface area (Å²) >= 11 is 11.8. The van der Waals surface area contributed by atoms with E-state index in [1.807, 2.05) is 0 Å². The van der Waals surface area contributed by atoms with E-state index in [-0.39, 0.29) is 5.69 Å². The summed E-state index contributed by atoms with van der Waals surface area (Å²) in [4.78, 5) is 27.7. The van der Waals surface area contributed by atoms with Gasteiger partial charge in [-0.3, -0.25) is 4.79 Å². The average Bonchev–Trinajstić information content (AvgIpc) is 2.51. The lowest BCUT2D eigenvalue weighted by molar-refractivity contribution is -0.123. The number of aromatic nitrogens is 1. The molecule has 114 valence electrons. The van der Waals surface area contributed by atoms with Crippen LogP contribution in [0.3, 0.4) is 0 Å². The molecule has 5 nitrogen and oxygen atoms in total. The van der Waals surface area contributed by atoms with Crippen molar-refractivity contribution in [2.45, 2.75) is 13.0 Å². The molecule has 7 heteroatoms. The van der Waals surface area contributed by atoms with Crippen LogP contribution >= 0.6 is 23.2 Å². The van der Waals surface area contributed by atoms with Crippen LogP contribution in [-0.2, 0) is 9.53 Å². The van der Waals surface area contributed by atoms with E-state index in [1.165, 1.54) is 25.3 Å². The van der Waals surface area contributed by atoms with Crippen LogP contribution in [0.4, 0.5) is 5.69 Å². The summed E-state index contributed by atoms with van der Waals surface area (Å²) < 4.78 is 5.05. The van der Waals surface area contributed by atoms with E-state index in [1.54, 1.807) is 24.3 Å². The second-order valence-corrected chi connectivity index (χ2v) is 5.22. The molecule has 1 N–H and O–H groups in total. The zero-order valence-electron chi connectivity index (χ0n) is 11.5. The van der Waals surface area contributed by atoms with Crippen LogP contribution < -0.4 is 5.32 Å². The number of nitrogens with zero attached hydrogens (tertiary/aromatic N) is 1. The maximum absolute atomic E-state index is 12.0. The highest BCUT2D eigenvalue weighted by molar-refractivity contribution is 6.35. The second-order valence-electron chi connectivity index (χ2n) is 4.38. The molecule has 0 radical (unpaired) electrons. The Morgan fingerprint density at radius 2 is 2.00 bits per heavy atom. The molecule has 0 bridgehead atoms. The number of esters is 1. The minimum absolute atomic E-state index is 0.128. The lowest BCUT2D eigenvalue weighted by Gasteiger charge is -2.14. The standard InChI is InChI=1S/C15H12Cl2N2O3/c1-9(22-15(21)12-4-2-3-7-18-12)14(20)19-13-8-10(16)5-6-11(13)17/h2-9H,1H3,(H,19,20)/t9-/m0/s1. The van der Waals surface area contributed by atoms with Crippen molar-refractivity contribution in [1.82, 2.24) is 4.98 Å². The first-order valence-electron chi connectivity index (χ1n) is 6.35. The third kappa shape index (κ3) is 4.19. The van der Waals surface area contributed by atoms with Crippen molar-refractivity contribution in [3.05, 3.63) is 58.3 Å². The Hall–Kier alpha value is -2.11. The van der Waals surface area contributed by atoms with Crippen molar-refractivity contribution >= 4 is 40.8 Å². The van der Waals surface area contributed by atoms with E-state index in [0.29, 0.717) is 15.7 Å². The minimum Gasteiger partial charge on any atom is -0.448 e. The highest BCUT2D eigenvalue weighted by Gasteiger charge is 2.20. The third-order valence-electron chi connectivity index (χ3n) is 2.71. The number of anilines is 1. The van der Waals surface area contributed by atoms with Crippen molar-refractivity contribution < 1.29 is 14.3 Å². The van der Waals surface area contributed by atoms with E-state index < -0.39 is 18.0 Å². The number of hydrogen-bond acceptors (Lipinski definition) is 4. The molecule has 0 unspecified atom stereocenters. The average molecular weight is 339 g/mol. The molecule has 1 heterocycles. The molecule has 1 aromatic heterocycles. The third-order valence-corrected chi connectivity index (χ3v) is 3.28.